The van der Waals surface area contributed by atoms with Crippen molar-refractivity contribution < 1.29 is 4.79 Å². The van der Waals surface area contributed by atoms with E-state index in [4.69, 9.17) is 0 Å². The standard InChI is InChI=1S/C14H24N4OS/c1-4-16(5-2)8-13-10-17(14(19)11-20-3)9-12-6-7-15-18(12)13/h6-7,13H,4-5,8-11H2,1-3H3. The molecule has 1 aliphatic rings. The van der Waals surface area contributed by atoms with Gasteiger partial charge in [0.1, 0.15) is 0 Å². The molecule has 6 heteroatoms. The van der Waals surface area contributed by atoms with Crippen molar-refractivity contribution in [1.29, 1.82) is 0 Å². The summed E-state index contributed by atoms with van der Waals surface area (Å²) in [7, 11) is 0. The average molecular weight is 296 g/mol. The minimum atomic E-state index is 0.231. The first-order valence-electron chi connectivity index (χ1n) is 7.21. The zero-order chi connectivity index (χ0) is 14.5. The first-order chi connectivity index (χ1) is 9.69. The first kappa shape index (κ1) is 15.4. The molecule has 0 bridgehead atoms. The number of likely N-dealkylation sites (N-methyl/N-ethyl adjacent to an activating group) is 1. The maximum Gasteiger partial charge on any atom is 0.232 e. The lowest BCUT2D eigenvalue weighted by Crippen LogP contribution is -2.45. The van der Waals surface area contributed by atoms with Gasteiger partial charge in [-0.05, 0) is 25.4 Å². The number of nitrogens with zero attached hydrogens (tertiary/aromatic N) is 4. The van der Waals surface area contributed by atoms with Gasteiger partial charge in [-0.2, -0.15) is 16.9 Å². The molecule has 0 saturated heterocycles. The smallest absolute Gasteiger partial charge is 0.232 e. The lowest BCUT2D eigenvalue weighted by molar-refractivity contribution is -0.130. The molecular weight excluding hydrogens is 272 g/mol. The predicted molar refractivity (Wildman–Crippen MR) is 82.9 cm³/mol. The van der Waals surface area contributed by atoms with Crippen LogP contribution in [-0.2, 0) is 11.3 Å². The van der Waals surface area contributed by atoms with Crippen LogP contribution in [0.25, 0.3) is 0 Å². The first-order valence-corrected chi connectivity index (χ1v) is 8.60. The molecule has 0 spiro atoms. The summed E-state index contributed by atoms with van der Waals surface area (Å²) in [4.78, 5) is 16.5. The Hall–Kier alpha value is -1.01. The Kier molecular flexibility index (Phi) is 5.48. The number of hydrogen-bond donors (Lipinski definition) is 0. The van der Waals surface area contributed by atoms with Crippen LogP contribution in [0.3, 0.4) is 0 Å². The molecule has 2 heterocycles. The molecule has 5 nitrogen and oxygen atoms in total. The van der Waals surface area contributed by atoms with Crippen molar-refractivity contribution in [2.75, 3.05) is 38.2 Å². The Balaban J connectivity index is 2.12. The Labute approximate surface area is 125 Å². The molecule has 2 rings (SSSR count). The van der Waals surface area contributed by atoms with Crippen LogP contribution in [0, 0.1) is 0 Å². The summed E-state index contributed by atoms with van der Waals surface area (Å²) in [6.45, 7) is 8.81. The molecule has 0 N–H and O–H groups in total. The van der Waals surface area contributed by atoms with E-state index in [1.165, 1.54) is 0 Å². The molecule has 1 atom stereocenters. The van der Waals surface area contributed by atoms with E-state index >= 15 is 0 Å². The van der Waals surface area contributed by atoms with Gasteiger partial charge in [-0.1, -0.05) is 13.8 Å². The van der Waals surface area contributed by atoms with Crippen LogP contribution < -0.4 is 0 Å². The number of thioether (sulfide) groups is 1. The summed E-state index contributed by atoms with van der Waals surface area (Å²) in [5.74, 6) is 0.793. The third kappa shape index (κ3) is 3.35. The fourth-order valence-electron chi connectivity index (χ4n) is 2.71. The minimum Gasteiger partial charge on any atom is -0.334 e. The van der Waals surface area contributed by atoms with Gasteiger partial charge in [-0.15, -0.1) is 0 Å². The third-order valence-corrected chi connectivity index (χ3v) is 4.40. The lowest BCUT2D eigenvalue weighted by Gasteiger charge is -2.36. The maximum absolute atomic E-state index is 12.2. The third-order valence-electron chi connectivity index (χ3n) is 3.87. The van der Waals surface area contributed by atoms with Crippen molar-refractivity contribution in [2.24, 2.45) is 0 Å². The molecule has 0 fully saturated rings. The number of hydrogen-bond acceptors (Lipinski definition) is 4. The topological polar surface area (TPSA) is 41.4 Å². The van der Waals surface area contributed by atoms with Gasteiger partial charge in [0.2, 0.25) is 5.91 Å². The molecule has 1 unspecified atom stereocenters. The van der Waals surface area contributed by atoms with Crippen LogP contribution in [0.4, 0.5) is 0 Å². The highest BCUT2D eigenvalue weighted by molar-refractivity contribution is 7.99. The molecule has 112 valence electrons. The summed E-state index contributed by atoms with van der Waals surface area (Å²) >= 11 is 1.59. The molecule has 0 aliphatic carbocycles. The van der Waals surface area contributed by atoms with Gasteiger partial charge in [-0.25, -0.2) is 0 Å². The van der Waals surface area contributed by atoms with Crippen LogP contribution in [0.1, 0.15) is 25.6 Å². The molecule has 1 aromatic rings. The van der Waals surface area contributed by atoms with Gasteiger partial charge in [0.15, 0.2) is 0 Å². The second-order valence-corrected chi connectivity index (χ2v) is 5.98. The van der Waals surface area contributed by atoms with Crippen molar-refractivity contribution in [3.63, 3.8) is 0 Å². The highest BCUT2D eigenvalue weighted by Gasteiger charge is 2.28. The zero-order valence-electron chi connectivity index (χ0n) is 12.6. The van der Waals surface area contributed by atoms with Gasteiger partial charge in [0, 0.05) is 19.3 Å². The monoisotopic (exact) mass is 296 g/mol. The van der Waals surface area contributed by atoms with Gasteiger partial charge < -0.3 is 9.80 Å². The largest absolute Gasteiger partial charge is 0.334 e. The van der Waals surface area contributed by atoms with Crippen molar-refractivity contribution in [3.05, 3.63) is 18.0 Å². The van der Waals surface area contributed by atoms with E-state index in [2.05, 4.69) is 28.5 Å². The molecule has 1 amide bonds. The molecule has 1 aromatic heterocycles. The van der Waals surface area contributed by atoms with Crippen molar-refractivity contribution in [1.82, 2.24) is 19.6 Å². The Morgan fingerprint density at radius 2 is 2.25 bits per heavy atom. The van der Waals surface area contributed by atoms with Crippen LogP contribution >= 0.6 is 11.8 Å². The van der Waals surface area contributed by atoms with Crippen molar-refractivity contribution in [3.8, 4) is 0 Å². The second-order valence-electron chi connectivity index (χ2n) is 5.11. The van der Waals surface area contributed by atoms with Crippen molar-refractivity contribution >= 4 is 17.7 Å². The Morgan fingerprint density at radius 1 is 1.50 bits per heavy atom. The van der Waals surface area contributed by atoms with Gasteiger partial charge in [-0.3, -0.25) is 9.48 Å². The summed E-state index contributed by atoms with van der Waals surface area (Å²) in [5.41, 5.74) is 1.14. The summed E-state index contributed by atoms with van der Waals surface area (Å²) in [5, 5.41) is 4.45. The van der Waals surface area contributed by atoms with Gasteiger partial charge >= 0.3 is 0 Å². The van der Waals surface area contributed by atoms with Crippen LogP contribution in [0.2, 0.25) is 0 Å². The summed E-state index contributed by atoms with van der Waals surface area (Å²) in [6.07, 6.45) is 3.81. The molecule has 0 aromatic carbocycles. The number of rotatable bonds is 6. The van der Waals surface area contributed by atoms with Gasteiger partial charge in [0.05, 0.1) is 24.0 Å². The van der Waals surface area contributed by atoms with E-state index in [1.54, 1.807) is 11.8 Å². The SMILES string of the molecule is CCN(CC)CC1CN(C(=O)CSC)Cc2ccnn21. The fourth-order valence-corrected chi connectivity index (χ4v) is 3.14. The number of aromatic nitrogens is 2. The van der Waals surface area contributed by atoms with E-state index in [0.717, 1.165) is 31.9 Å². The zero-order valence-corrected chi connectivity index (χ0v) is 13.4. The van der Waals surface area contributed by atoms with Crippen LogP contribution in [0.15, 0.2) is 12.3 Å². The van der Waals surface area contributed by atoms with Gasteiger partial charge in [0.25, 0.3) is 0 Å². The second kappa shape index (κ2) is 7.13. The highest BCUT2D eigenvalue weighted by atomic mass is 32.2. The summed E-state index contributed by atoms with van der Waals surface area (Å²) < 4.78 is 2.10. The fraction of sp³-hybridized carbons (Fsp3) is 0.714. The van der Waals surface area contributed by atoms with E-state index in [-0.39, 0.29) is 11.9 Å². The normalized spacial score (nSPS) is 18.4. The summed E-state index contributed by atoms with van der Waals surface area (Å²) in [6, 6.07) is 2.28. The maximum atomic E-state index is 12.2. The van der Waals surface area contributed by atoms with Crippen LogP contribution in [-0.4, -0.2) is 63.7 Å². The molecule has 0 radical (unpaired) electrons. The molecule has 20 heavy (non-hydrogen) atoms. The van der Waals surface area contributed by atoms with E-state index in [9.17, 15) is 4.79 Å². The predicted octanol–water partition coefficient (Wildman–Crippen LogP) is 1.47. The van der Waals surface area contributed by atoms with Crippen molar-refractivity contribution in [2.45, 2.75) is 26.4 Å². The Morgan fingerprint density at radius 3 is 2.90 bits per heavy atom. The quantitative estimate of drug-likeness (QED) is 0.797. The number of carbonyl (C=O) groups excluding carboxylic acids is 1. The van der Waals surface area contributed by atoms with E-state index < -0.39 is 0 Å². The lowest BCUT2D eigenvalue weighted by atomic mass is 10.1. The Bertz CT molecular complexity index is 444. The van der Waals surface area contributed by atoms with E-state index in [1.807, 2.05) is 23.4 Å². The molecule has 0 saturated carbocycles. The van der Waals surface area contributed by atoms with Crippen LogP contribution in [0.5, 0.6) is 0 Å². The number of carbonyl (C=O) groups is 1. The number of amides is 1. The molecular formula is C14H24N4OS. The molecule has 1 aliphatic heterocycles. The highest BCUT2D eigenvalue weighted by Crippen LogP contribution is 2.21. The van der Waals surface area contributed by atoms with E-state index in [0.29, 0.717) is 12.3 Å². The average Bonchev–Trinajstić information content (AvgIpc) is 2.93. The number of fused-ring (bicyclic) bond motifs is 1. The minimum absolute atomic E-state index is 0.231.